The number of ether oxygens (including phenoxy) is 2. The average molecular weight is 529 g/mol. The maximum absolute atomic E-state index is 14.7. The topological polar surface area (TPSA) is 61.3 Å². The second-order valence-corrected chi connectivity index (χ2v) is 9.56. The fourth-order valence-corrected chi connectivity index (χ4v) is 3.82. The molecule has 5 nitrogen and oxygen atoms in total. The van der Waals surface area contributed by atoms with Crippen molar-refractivity contribution < 1.29 is 27.4 Å². The van der Waals surface area contributed by atoms with Crippen molar-refractivity contribution >= 4 is 5.97 Å². The molecule has 2 aromatic carbocycles. The Hall–Kier alpha value is -3.42. The Kier molecular flexibility index (Phi) is 10.7. The van der Waals surface area contributed by atoms with Gasteiger partial charge in [-0.25, -0.2) is 27.9 Å². The van der Waals surface area contributed by atoms with Gasteiger partial charge >= 0.3 is 5.97 Å². The Morgan fingerprint density at radius 2 is 1.61 bits per heavy atom. The highest BCUT2D eigenvalue weighted by Gasteiger charge is 2.34. The minimum absolute atomic E-state index is 0.117. The number of hydrogen-bond donors (Lipinski definition) is 0. The van der Waals surface area contributed by atoms with E-state index < -0.39 is 23.6 Å². The van der Waals surface area contributed by atoms with Gasteiger partial charge in [0.2, 0.25) is 5.67 Å². The molecule has 0 amide bonds. The Morgan fingerprint density at radius 1 is 0.947 bits per heavy atom. The van der Waals surface area contributed by atoms with E-state index in [0.717, 1.165) is 31.2 Å². The van der Waals surface area contributed by atoms with Crippen LogP contribution in [0, 0.1) is 5.82 Å². The molecule has 3 rings (SSSR count). The number of carbonyl (C=O) groups is 1. The van der Waals surface area contributed by atoms with Crippen LogP contribution in [0.5, 0.6) is 11.5 Å². The molecule has 204 valence electrons. The molecule has 0 aliphatic rings. The second kappa shape index (κ2) is 13.9. The summed E-state index contributed by atoms with van der Waals surface area (Å²) in [6, 6.07) is 10.8. The van der Waals surface area contributed by atoms with Crippen LogP contribution >= 0.6 is 0 Å². The van der Waals surface area contributed by atoms with E-state index in [0.29, 0.717) is 18.4 Å². The molecule has 0 saturated heterocycles. The highest BCUT2D eigenvalue weighted by atomic mass is 19.1. The summed E-state index contributed by atoms with van der Waals surface area (Å²) < 4.78 is 53.7. The zero-order valence-corrected chi connectivity index (χ0v) is 22.2. The Balaban J connectivity index is 1.61. The Morgan fingerprint density at radius 3 is 2.24 bits per heavy atom. The molecule has 0 fully saturated rings. The summed E-state index contributed by atoms with van der Waals surface area (Å²) in [5.41, 5.74) is -0.429. The van der Waals surface area contributed by atoms with Crippen LogP contribution in [0.2, 0.25) is 0 Å². The third kappa shape index (κ3) is 8.30. The van der Waals surface area contributed by atoms with E-state index in [1.54, 1.807) is 42.7 Å². The van der Waals surface area contributed by atoms with Gasteiger partial charge in [-0.05, 0) is 56.0 Å². The van der Waals surface area contributed by atoms with Crippen LogP contribution in [0.25, 0.3) is 22.5 Å². The first-order valence-electron chi connectivity index (χ1n) is 13.1. The summed E-state index contributed by atoms with van der Waals surface area (Å²) >= 11 is 0. The third-order valence-corrected chi connectivity index (χ3v) is 6.21. The number of nitrogens with zero attached hydrogens (tertiary/aromatic N) is 2. The lowest BCUT2D eigenvalue weighted by Gasteiger charge is -2.18. The zero-order chi connectivity index (χ0) is 27.5. The van der Waals surface area contributed by atoms with Crippen molar-refractivity contribution in [2.45, 2.75) is 77.6 Å². The lowest BCUT2D eigenvalue weighted by atomic mass is 10.0. The van der Waals surface area contributed by atoms with E-state index in [1.165, 1.54) is 19.1 Å². The van der Waals surface area contributed by atoms with Crippen LogP contribution in [0.1, 0.15) is 65.7 Å². The molecule has 1 aromatic heterocycles. The first-order valence-corrected chi connectivity index (χ1v) is 13.1. The summed E-state index contributed by atoms with van der Waals surface area (Å²) in [4.78, 5) is 20.8. The highest BCUT2D eigenvalue weighted by molar-refractivity contribution is 5.81. The first kappa shape index (κ1) is 29.1. The SMILES string of the molecule is CCCCC[C@](C)(F)C(=O)Oc1ccc(-c2cnc(-c3ccc(OC[C@@H](F)CCCC)cc3F)nc2)cc1. The highest BCUT2D eigenvalue weighted by Crippen LogP contribution is 2.28. The van der Waals surface area contributed by atoms with Crippen LogP contribution in [-0.4, -0.2) is 34.4 Å². The standard InChI is InChI=1S/C30H35F3N2O3/c1-4-6-8-16-30(3,33)29(36)38-24-12-10-21(11-13-24)22-18-34-28(35-19-22)26-15-14-25(17-27(26)32)37-20-23(31)9-7-5-2/h10-15,17-19,23H,4-9,16,20H2,1-3H3/t23-,30-/m0/s1. The molecule has 0 aliphatic heterocycles. The molecule has 0 radical (unpaired) electrons. The normalized spacial score (nSPS) is 13.5. The largest absolute Gasteiger partial charge is 0.490 e. The molecule has 8 heteroatoms. The van der Waals surface area contributed by atoms with E-state index in [-0.39, 0.29) is 35.9 Å². The fraction of sp³-hybridized carbons (Fsp3) is 0.433. The number of carbonyl (C=O) groups excluding carboxylic acids is 1. The third-order valence-electron chi connectivity index (χ3n) is 6.21. The molecule has 38 heavy (non-hydrogen) atoms. The number of halogens is 3. The molecule has 0 aliphatic carbocycles. The van der Waals surface area contributed by atoms with Crippen LogP contribution in [0.15, 0.2) is 54.9 Å². The number of hydrogen-bond acceptors (Lipinski definition) is 5. The van der Waals surface area contributed by atoms with Crippen LogP contribution < -0.4 is 9.47 Å². The van der Waals surface area contributed by atoms with Crippen LogP contribution in [0.4, 0.5) is 13.2 Å². The minimum Gasteiger partial charge on any atom is -0.490 e. The number of esters is 1. The molecular weight excluding hydrogens is 493 g/mol. The molecule has 1 heterocycles. The lowest BCUT2D eigenvalue weighted by Crippen LogP contribution is -2.34. The van der Waals surface area contributed by atoms with Gasteiger partial charge in [-0.1, -0.05) is 51.7 Å². The molecule has 2 atom stereocenters. The maximum Gasteiger partial charge on any atom is 0.348 e. The van der Waals surface area contributed by atoms with Gasteiger partial charge in [-0.2, -0.15) is 0 Å². The predicted octanol–water partition coefficient (Wildman–Crippen LogP) is 8.07. The van der Waals surface area contributed by atoms with Gasteiger partial charge in [-0.15, -0.1) is 0 Å². The van der Waals surface area contributed by atoms with E-state index >= 15 is 0 Å². The quantitative estimate of drug-likeness (QED) is 0.120. The summed E-state index contributed by atoms with van der Waals surface area (Å²) in [5, 5.41) is 0. The van der Waals surface area contributed by atoms with E-state index in [4.69, 9.17) is 9.47 Å². The first-order chi connectivity index (χ1) is 18.2. The number of aromatic nitrogens is 2. The minimum atomic E-state index is -2.04. The van der Waals surface area contributed by atoms with Gasteiger partial charge in [0.05, 0.1) is 5.56 Å². The van der Waals surface area contributed by atoms with Crippen LogP contribution in [-0.2, 0) is 4.79 Å². The van der Waals surface area contributed by atoms with Gasteiger partial charge in [0.1, 0.15) is 30.1 Å². The van der Waals surface area contributed by atoms with Gasteiger partial charge in [0.15, 0.2) is 5.82 Å². The molecule has 0 unspecified atom stereocenters. The number of benzene rings is 2. The van der Waals surface area contributed by atoms with Gasteiger partial charge in [0.25, 0.3) is 0 Å². The van der Waals surface area contributed by atoms with E-state index in [1.807, 2.05) is 13.8 Å². The second-order valence-electron chi connectivity index (χ2n) is 9.56. The van der Waals surface area contributed by atoms with Crippen molar-refractivity contribution in [3.05, 3.63) is 60.7 Å². The lowest BCUT2D eigenvalue weighted by molar-refractivity contribution is -0.147. The smallest absolute Gasteiger partial charge is 0.348 e. The van der Waals surface area contributed by atoms with Crippen molar-refractivity contribution in [3.8, 4) is 34.0 Å². The van der Waals surface area contributed by atoms with Crippen molar-refractivity contribution in [3.63, 3.8) is 0 Å². The molecule has 0 saturated carbocycles. The summed E-state index contributed by atoms with van der Waals surface area (Å²) in [5.74, 6) is -0.797. The van der Waals surface area contributed by atoms with E-state index in [9.17, 15) is 18.0 Å². The Labute approximate surface area is 222 Å². The van der Waals surface area contributed by atoms with E-state index in [2.05, 4.69) is 9.97 Å². The Bertz CT molecular complexity index is 1170. The van der Waals surface area contributed by atoms with Crippen LogP contribution in [0.3, 0.4) is 0 Å². The number of unbranched alkanes of at least 4 members (excludes halogenated alkanes) is 3. The zero-order valence-electron chi connectivity index (χ0n) is 22.2. The van der Waals surface area contributed by atoms with Crippen molar-refractivity contribution in [1.82, 2.24) is 9.97 Å². The number of alkyl halides is 2. The predicted molar refractivity (Wildman–Crippen MR) is 142 cm³/mol. The van der Waals surface area contributed by atoms with Crippen molar-refractivity contribution in [2.75, 3.05) is 6.61 Å². The molecular formula is C30H35F3N2O3. The number of rotatable bonds is 14. The summed E-state index contributed by atoms with van der Waals surface area (Å²) in [7, 11) is 0. The molecule has 0 spiro atoms. The van der Waals surface area contributed by atoms with Crippen molar-refractivity contribution in [2.24, 2.45) is 0 Å². The maximum atomic E-state index is 14.7. The molecule has 3 aromatic rings. The van der Waals surface area contributed by atoms with Gasteiger partial charge < -0.3 is 9.47 Å². The monoisotopic (exact) mass is 528 g/mol. The summed E-state index contributed by atoms with van der Waals surface area (Å²) in [6.07, 6.45) is 6.66. The summed E-state index contributed by atoms with van der Waals surface area (Å²) in [6.45, 7) is 5.13. The van der Waals surface area contributed by atoms with Crippen molar-refractivity contribution in [1.29, 1.82) is 0 Å². The molecule has 0 bridgehead atoms. The van der Waals surface area contributed by atoms with Gasteiger partial charge in [-0.3, -0.25) is 0 Å². The average Bonchev–Trinajstić information content (AvgIpc) is 2.91. The van der Waals surface area contributed by atoms with Gasteiger partial charge in [0, 0.05) is 24.0 Å². The molecule has 0 N–H and O–H groups in total. The fourth-order valence-electron chi connectivity index (χ4n) is 3.82.